The van der Waals surface area contributed by atoms with Crippen molar-refractivity contribution < 1.29 is 67.7 Å². The number of nitrogens with one attached hydrogen (secondary N) is 9. The Kier molecular flexibility index (Phi) is 26.1. The largest absolute Gasteiger partial charge is 0.481 e. The molecule has 24 nitrogen and oxygen atoms in total. The molecule has 2 aromatic rings. The van der Waals surface area contributed by atoms with Gasteiger partial charge >= 0.3 is 11.9 Å². The molecule has 0 aliphatic rings. The summed E-state index contributed by atoms with van der Waals surface area (Å²) in [6, 6.07) is -1.19. The van der Waals surface area contributed by atoms with Crippen molar-refractivity contribution in [2.45, 2.75) is 95.0 Å². The number of fused-ring (bicyclic) bond motifs is 1. The molecule has 0 saturated heterocycles. The molecule has 1 heterocycles. The number of carboxylic acid groups (broad SMARTS) is 2. The number of H-pyrrole nitrogens is 1. The van der Waals surface area contributed by atoms with Crippen molar-refractivity contribution in [1.29, 1.82) is 0 Å². The SMILES string of the molecule is CCCOCCC(=O)N[C@@H](CC(=O)O)C(=O)NCC(=O)N[C@@H](CCSC)C(=O)NCC(=O)N[C@@H](Cc1c[nH]c2ccccc12)C(=O)N[C@@H](CCSC)C(=O)N[C@@H](CC(=O)O)C(=O)N[C@@H](C)C(N)=O. The maximum absolute atomic E-state index is 14.1. The van der Waals surface area contributed by atoms with Crippen LogP contribution in [0.1, 0.15) is 57.9 Å². The van der Waals surface area contributed by atoms with Crippen LogP contribution in [0.15, 0.2) is 30.5 Å². The Morgan fingerprint density at radius 3 is 1.69 bits per heavy atom. The van der Waals surface area contributed by atoms with E-state index in [4.69, 9.17) is 10.5 Å². The van der Waals surface area contributed by atoms with Crippen LogP contribution in [0.25, 0.3) is 10.9 Å². The van der Waals surface area contributed by atoms with E-state index in [1.54, 1.807) is 43.0 Å². The van der Waals surface area contributed by atoms with E-state index < -0.39 is 127 Å². The van der Waals surface area contributed by atoms with E-state index in [1.807, 2.05) is 6.92 Å². The molecule has 0 radical (unpaired) electrons. The summed E-state index contributed by atoms with van der Waals surface area (Å²) in [6.07, 6.45) is 4.03. The number of amides is 9. The smallest absolute Gasteiger partial charge is 0.305 e. The van der Waals surface area contributed by atoms with Gasteiger partial charge in [-0.1, -0.05) is 25.1 Å². The number of hydrogen-bond donors (Lipinski definition) is 12. The number of primary amides is 1. The van der Waals surface area contributed by atoms with Gasteiger partial charge in [0, 0.05) is 36.5 Å². The van der Waals surface area contributed by atoms with Gasteiger partial charge in [0.05, 0.1) is 32.5 Å². The summed E-state index contributed by atoms with van der Waals surface area (Å²) in [6.45, 7) is 2.22. The number of benzene rings is 1. The molecule has 13 N–H and O–H groups in total. The lowest BCUT2D eigenvalue weighted by Gasteiger charge is -2.25. The summed E-state index contributed by atoms with van der Waals surface area (Å²) < 4.78 is 5.25. The molecule has 1 aromatic carbocycles. The van der Waals surface area contributed by atoms with Gasteiger partial charge < -0.3 is 68.2 Å². The monoisotopic (exact) mass is 994 g/mol. The molecule has 2 rings (SSSR count). The third-order valence-electron chi connectivity index (χ3n) is 9.75. The van der Waals surface area contributed by atoms with Crippen molar-refractivity contribution in [3.63, 3.8) is 0 Å². The quantitative estimate of drug-likeness (QED) is 0.0333. The molecule has 0 fully saturated rings. The van der Waals surface area contributed by atoms with E-state index in [2.05, 4.69) is 47.5 Å². The van der Waals surface area contributed by atoms with Crippen LogP contribution in [0.3, 0.4) is 0 Å². The standard InChI is InChI=1S/C42H62N10O14S2/c1-5-13-66-14-10-32(53)49-30(18-35(56)57)39(62)46-21-33(54)48-27(11-15-67-3)38(61)45-22-34(55)50-29(17-24-20-44-26-9-7-6-8-25(24)26)42(65)51-28(12-16-68-4)40(63)52-31(19-36(58)59)41(64)47-23(2)37(43)60/h6-9,20,23,27-31,44H,5,10-19,21-22H2,1-4H3,(H2,43,60)(H,45,61)(H,46,62)(H,47,64)(H,48,54)(H,49,53)(H,50,55)(H,51,65)(H,52,63)(H,56,57)(H,58,59)/t23-,27-,28-,29-,30-,31-/m0/s1. The van der Waals surface area contributed by atoms with Crippen LogP contribution in [-0.2, 0) is 63.9 Å². The van der Waals surface area contributed by atoms with Crippen molar-refractivity contribution in [1.82, 2.24) is 47.5 Å². The molecule has 376 valence electrons. The molecule has 0 aliphatic carbocycles. The number of rotatable bonds is 33. The third-order valence-corrected chi connectivity index (χ3v) is 11.0. The summed E-state index contributed by atoms with van der Waals surface area (Å²) >= 11 is 2.68. The molecule has 0 aliphatic heterocycles. The van der Waals surface area contributed by atoms with Gasteiger partial charge in [-0.15, -0.1) is 0 Å². The first-order chi connectivity index (χ1) is 32.3. The molecule has 0 saturated carbocycles. The first-order valence-electron chi connectivity index (χ1n) is 21.5. The maximum Gasteiger partial charge on any atom is 0.305 e. The van der Waals surface area contributed by atoms with E-state index in [9.17, 15) is 63.0 Å². The van der Waals surface area contributed by atoms with E-state index in [1.165, 1.54) is 30.4 Å². The molecule has 0 spiro atoms. The average molecular weight is 995 g/mol. The lowest BCUT2D eigenvalue weighted by molar-refractivity contribution is -0.141. The number of hydrogen-bond acceptors (Lipinski definition) is 14. The highest BCUT2D eigenvalue weighted by molar-refractivity contribution is 7.98. The summed E-state index contributed by atoms with van der Waals surface area (Å²) in [5, 5.41) is 38.7. The number of aromatic amines is 1. The second-order valence-electron chi connectivity index (χ2n) is 15.2. The van der Waals surface area contributed by atoms with Crippen molar-refractivity contribution in [3.05, 3.63) is 36.0 Å². The van der Waals surface area contributed by atoms with Gasteiger partial charge in [0.15, 0.2) is 0 Å². The second kappa shape index (κ2) is 30.8. The second-order valence-corrected chi connectivity index (χ2v) is 17.2. The highest BCUT2D eigenvalue weighted by atomic mass is 32.2. The minimum absolute atomic E-state index is 0.00297. The number of aliphatic carboxylic acids is 2. The molecule has 9 amide bonds. The van der Waals surface area contributed by atoms with Crippen LogP contribution < -0.4 is 48.3 Å². The summed E-state index contributed by atoms with van der Waals surface area (Å²) in [7, 11) is 0. The van der Waals surface area contributed by atoms with Gasteiger partial charge in [-0.05, 0) is 61.8 Å². The van der Waals surface area contributed by atoms with Crippen LogP contribution in [0.5, 0.6) is 0 Å². The fraction of sp³-hybridized carbons (Fsp3) is 0.548. The number of carbonyl (C=O) groups is 11. The van der Waals surface area contributed by atoms with E-state index in [0.717, 1.165) is 17.3 Å². The Morgan fingerprint density at radius 2 is 1.13 bits per heavy atom. The Labute approximate surface area is 400 Å². The van der Waals surface area contributed by atoms with Gasteiger partial charge in [0.1, 0.15) is 36.3 Å². The molecular formula is C42H62N10O14S2. The van der Waals surface area contributed by atoms with Crippen molar-refractivity contribution >= 4 is 99.5 Å². The predicted octanol–water partition coefficient (Wildman–Crippen LogP) is -2.37. The lowest BCUT2D eigenvalue weighted by atomic mass is 10.0. The van der Waals surface area contributed by atoms with E-state index in [-0.39, 0.29) is 32.3 Å². The Bertz CT molecular complexity index is 2090. The molecule has 6 atom stereocenters. The zero-order valence-electron chi connectivity index (χ0n) is 38.2. The summed E-state index contributed by atoms with van der Waals surface area (Å²) in [4.78, 5) is 143. The number of para-hydroxylation sites is 1. The molecular weight excluding hydrogens is 933 g/mol. The molecule has 0 unspecified atom stereocenters. The number of nitrogens with two attached hydrogens (primary N) is 1. The van der Waals surface area contributed by atoms with Crippen LogP contribution in [0, 0.1) is 0 Å². The van der Waals surface area contributed by atoms with E-state index >= 15 is 0 Å². The van der Waals surface area contributed by atoms with Gasteiger partial charge in [0.2, 0.25) is 53.2 Å². The number of ether oxygens (including phenoxy) is 1. The van der Waals surface area contributed by atoms with Gasteiger partial charge in [-0.25, -0.2) is 0 Å². The minimum Gasteiger partial charge on any atom is -0.481 e. The van der Waals surface area contributed by atoms with Crippen LogP contribution in [-0.4, -0.2) is 167 Å². The van der Waals surface area contributed by atoms with E-state index in [0.29, 0.717) is 23.7 Å². The zero-order chi connectivity index (χ0) is 50.8. The Hall–Kier alpha value is -6.41. The van der Waals surface area contributed by atoms with Crippen LogP contribution in [0.2, 0.25) is 0 Å². The Morgan fingerprint density at radius 1 is 0.647 bits per heavy atom. The predicted molar refractivity (Wildman–Crippen MR) is 251 cm³/mol. The van der Waals surface area contributed by atoms with Crippen LogP contribution >= 0.6 is 23.5 Å². The van der Waals surface area contributed by atoms with Gasteiger partial charge in [0.25, 0.3) is 0 Å². The summed E-state index contributed by atoms with van der Waals surface area (Å²) in [5.41, 5.74) is 6.53. The molecule has 68 heavy (non-hydrogen) atoms. The lowest BCUT2D eigenvalue weighted by Crippen LogP contribution is -2.59. The first kappa shape index (κ1) is 57.7. The number of thioether (sulfide) groups is 2. The first-order valence-corrected chi connectivity index (χ1v) is 24.3. The third kappa shape index (κ3) is 21.5. The van der Waals surface area contributed by atoms with Crippen LogP contribution in [0.4, 0.5) is 0 Å². The zero-order valence-corrected chi connectivity index (χ0v) is 39.9. The van der Waals surface area contributed by atoms with Gasteiger partial charge in [-0.3, -0.25) is 52.7 Å². The fourth-order valence-electron chi connectivity index (χ4n) is 6.19. The van der Waals surface area contributed by atoms with Crippen molar-refractivity contribution in [2.24, 2.45) is 5.73 Å². The van der Waals surface area contributed by atoms with Crippen molar-refractivity contribution in [2.75, 3.05) is 50.3 Å². The highest BCUT2D eigenvalue weighted by Crippen LogP contribution is 2.19. The van der Waals surface area contributed by atoms with Gasteiger partial charge in [-0.2, -0.15) is 23.5 Å². The normalized spacial score (nSPS) is 13.5. The minimum atomic E-state index is -1.67. The maximum atomic E-state index is 14.1. The number of carbonyl (C=O) groups excluding carboxylic acids is 9. The fourth-order valence-corrected chi connectivity index (χ4v) is 7.13. The number of aromatic nitrogens is 1. The molecule has 1 aromatic heterocycles. The number of carboxylic acids is 2. The highest BCUT2D eigenvalue weighted by Gasteiger charge is 2.32. The summed E-state index contributed by atoms with van der Waals surface area (Å²) in [5.74, 6) is -9.95. The Balaban J connectivity index is 2.23. The topological polar surface area (TPSA) is 376 Å². The average Bonchev–Trinajstić information content (AvgIpc) is 3.70. The molecule has 26 heteroatoms. The molecule has 0 bridgehead atoms. The van der Waals surface area contributed by atoms with Crippen molar-refractivity contribution in [3.8, 4) is 0 Å².